The van der Waals surface area contributed by atoms with Crippen LogP contribution in [0.1, 0.15) is 76.4 Å². The van der Waals surface area contributed by atoms with Crippen LogP contribution in [0.5, 0.6) is 5.75 Å². The summed E-state index contributed by atoms with van der Waals surface area (Å²) in [6.07, 6.45) is 9.86. The number of fused-ring (bicyclic) bond motifs is 1. The summed E-state index contributed by atoms with van der Waals surface area (Å²) in [6.45, 7) is 1.82. The van der Waals surface area contributed by atoms with Gasteiger partial charge in [0.1, 0.15) is 17.4 Å². The van der Waals surface area contributed by atoms with Crippen LogP contribution in [0.3, 0.4) is 0 Å². The summed E-state index contributed by atoms with van der Waals surface area (Å²) in [5, 5.41) is 10.6. The van der Waals surface area contributed by atoms with Crippen molar-refractivity contribution in [3.8, 4) is 29.5 Å². The number of hydrogen-bond donors (Lipinski definition) is 1. The number of ketones is 2. The Balaban J connectivity index is 1.52. The number of rotatable bonds is 7. The average molecular weight is 515 g/mol. The third-order valence-corrected chi connectivity index (χ3v) is 8.21. The van der Waals surface area contributed by atoms with E-state index in [4.69, 9.17) is 11.4 Å². The van der Waals surface area contributed by atoms with Crippen LogP contribution in [0.15, 0.2) is 48.5 Å². The summed E-state index contributed by atoms with van der Waals surface area (Å²) in [5.41, 5.74) is 2.51. The van der Waals surface area contributed by atoms with Gasteiger partial charge in [0.15, 0.2) is 11.6 Å². The Hall–Kier alpha value is -3.76. The number of Topliss-reactive ketones (excluding diaryl/α,β-unsaturated/α-hetero) is 2. The Morgan fingerprint density at radius 3 is 2.73 bits per heavy atom. The van der Waals surface area contributed by atoms with Gasteiger partial charge >= 0.3 is 0 Å². The Kier molecular flexibility index (Phi) is 6.94. The van der Waals surface area contributed by atoms with E-state index in [1.807, 2.05) is 19.1 Å². The lowest BCUT2D eigenvalue weighted by atomic mass is 9.82. The molecular weight excluding hydrogens is 487 g/mol. The Labute approximate surface area is 219 Å². The number of phenolic OH excluding ortho intramolecular Hbond substituents is 1. The monoisotopic (exact) mass is 514 g/mol. The summed E-state index contributed by atoms with van der Waals surface area (Å²) in [6, 6.07) is 13.1. The summed E-state index contributed by atoms with van der Waals surface area (Å²) in [4.78, 5) is 31.6. The topological polar surface area (TPSA) is 72.2 Å². The lowest BCUT2D eigenvalue weighted by Crippen LogP contribution is -2.22. The molecule has 37 heavy (non-hydrogen) atoms. The molecule has 1 aliphatic rings. The summed E-state index contributed by atoms with van der Waals surface area (Å²) in [5.74, 6) is 2.72. The highest BCUT2D eigenvalue weighted by atomic mass is 32.1. The second-order valence-electron chi connectivity index (χ2n) is 9.57. The summed E-state index contributed by atoms with van der Waals surface area (Å²) >= 11 is 1.35. The van der Waals surface area contributed by atoms with Crippen molar-refractivity contribution in [2.75, 3.05) is 0 Å². The van der Waals surface area contributed by atoms with Gasteiger partial charge in [0.2, 0.25) is 0 Å². The minimum Gasteiger partial charge on any atom is -0.507 e. The number of imidazole rings is 1. The van der Waals surface area contributed by atoms with E-state index < -0.39 is 5.82 Å². The summed E-state index contributed by atoms with van der Waals surface area (Å²) in [7, 11) is 0. The van der Waals surface area contributed by atoms with Crippen LogP contribution in [0, 0.1) is 24.1 Å². The molecule has 0 unspecified atom stereocenters. The minimum atomic E-state index is -0.530. The number of carbonyl (C=O) groups excluding carboxylic acids is 2. The maximum atomic E-state index is 13.8. The molecule has 4 aromatic rings. The lowest BCUT2D eigenvalue weighted by Gasteiger charge is -2.31. The number of nitrogens with zero attached hydrogens (tertiary/aromatic N) is 2. The van der Waals surface area contributed by atoms with Crippen LogP contribution >= 0.6 is 11.3 Å². The van der Waals surface area contributed by atoms with E-state index in [1.165, 1.54) is 23.5 Å². The fourth-order valence-electron chi connectivity index (χ4n) is 5.34. The molecule has 5 nitrogen and oxygen atoms in total. The van der Waals surface area contributed by atoms with E-state index in [0.29, 0.717) is 40.2 Å². The molecule has 0 aliphatic heterocycles. The number of thiophene rings is 1. The third-order valence-electron chi connectivity index (χ3n) is 7.15. The van der Waals surface area contributed by atoms with Crippen LogP contribution in [0.25, 0.3) is 22.4 Å². The number of aromatic hydroxyl groups is 1. The average Bonchev–Trinajstić information content (AvgIpc) is 3.53. The first kappa shape index (κ1) is 24.9. The van der Waals surface area contributed by atoms with Crippen LogP contribution in [-0.2, 0) is 0 Å². The predicted molar refractivity (Wildman–Crippen MR) is 144 cm³/mol. The van der Waals surface area contributed by atoms with Gasteiger partial charge in [-0.3, -0.25) is 9.59 Å². The molecule has 5 rings (SSSR count). The molecule has 1 fully saturated rings. The van der Waals surface area contributed by atoms with Gasteiger partial charge in [-0.15, -0.1) is 17.8 Å². The van der Waals surface area contributed by atoms with Crippen LogP contribution in [0.4, 0.5) is 4.39 Å². The van der Waals surface area contributed by atoms with Crippen molar-refractivity contribution in [2.24, 2.45) is 5.92 Å². The molecule has 0 bridgehead atoms. The van der Waals surface area contributed by atoms with Crippen molar-refractivity contribution < 1.29 is 19.1 Å². The van der Waals surface area contributed by atoms with Gasteiger partial charge in [-0.05, 0) is 67.6 Å². The fourth-order valence-corrected chi connectivity index (χ4v) is 6.11. The number of halogens is 1. The van der Waals surface area contributed by atoms with Crippen LogP contribution in [0.2, 0.25) is 0 Å². The first-order valence-corrected chi connectivity index (χ1v) is 13.3. The molecule has 2 heterocycles. The number of benzene rings is 2. The quantitative estimate of drug-likeness (QED) is 0.209. The highest BCUT2D eigenvalue weighted by Gasteiger charge is 2.29. The number of terminal acetylenes is 1. The van der Waals surface area contributed by atoms with Crippen molar-refractivity contribution in [3.63, 3.8) is 0 Å². The molecule has 2 aromatic carbocycles. The molecule has 2 atom stereocenters. The van der Waals surface area contributed by atoms with Crippen molar-refractivity contribution in [2.45, 2.75) is 51.5 Å². The van der Waals surface area contributed by atoms with Crippen molar-refractivity contribution >= 4 is 33.9 Å². The molecule has 7 heteroatoms. The first-order valence-electron chi connectivity index (χ1n) is 12.5. The molecule has 0 radical (unpaired) electrons. The molecule has 2 aromatic heterocycles. The highest BCUT2D eigenvalue weighted by molar-refractivity contribution is 7.14. The lowest BCUT2D eigenvalue weighted by molar-refractivity contribution is 0.0944. The molecular formula is C30H27FN2O3S. The van der Waals surface area contributed by atoms with E-state index in [1.54, 1.807) is 18.2 Å². The number of aromatic nitrogens is 2. The van der Waals surface area contributed by atoms with Crippen molar-refractivity contribution in [1.82, 2.24) is 9.55 Å². The molecule has 188 valence electrons. The molecule has 1 saturated carbocycles. The van der Waals surface area contributed by atoms with Crippen molar-refractivity contribution in [1.29, 1.82) is 0 Å². The normalized spacial score (nSPS) is 17.5. The molecule has 0 spiro atoms. The molecule has 1 aliphatic carbocycles. The largest absolute Gasteiger partial charge is 0.507 e. The van der Waals surface area contributed by atoms with E-state index in [0.717, 1.165) is 42.1 Å². The van der Waals surface area contributed by atoms with Gasteiger partial charge in [0.05, 0.1) is 26.4 Å². The zero-order valence-corrected chi connectivity index (χ0v) is 21.4. The zero-order valence-electron chi connectivity index (χ0n) is 20.5. The van der Waals surface area contributed by atoms with E-state index in [-0.39, 0.29) is 29.3 Å². The fraction of sp³-hybridized carbons (Fsp3) is 0.300. The second kappa shape index (κ2) is 10.3. The molecule has 0 saturated heterocycles. The van der Waals surface area contributed by atoms with E-state index >= 15 is 0 Å². The van der Waals surface area contributed by atoms with Crippen LogP contribution < -0.4 is 0 Å². The van der Waals surface area contributed by atoms with Gasteiger partial charge < -0.3 is 9.67 Å². The molecule has 1 N–H and O–H groups in total. The third kappa shape index (κ3) is 4.94. The Morgan fingerprint density at radius 1 is 1.16 bits per heavy atom. The van der Waals surface area contributed by atoms with E-state index in [9.17, 15) is 19.1 Å². The number of hydrogen-bond acceptors (Lipinski definition) is 5. The Morgan fingerprint density at radius 2 is 2.00 bits per heavy atom. The van der Waals surface area contributed by atoms with Gasteiger partial charge in [-0.1, -0.05) is 19.3 Å². The predicted octanol–water partition coefficient (Wildman–Crippen LogP) is 7.19. The maximum Gasteiger partial charge on any atom is 0.173 e. The van der Waals surface area contributed by atoms with Crippen LogP contribution in [-0.4, -0.2) is 26.2 Å². The van der Waals surface area contributed by atoms with Crippen molar-refractivity contribution in [3.05, 3.63) is 69.7 Å². The zero-order chi connectivity index (χ0) is 26.1. The SMILES string of the molecule is C#Cc1ccc(C(=O)C[C@@H]2CCC[C@H](n3c(-c4ccc(F)cc4O)nc4cc(C(=O)CC)ccc43)C2)s1. The highest BCUT2D eigenvalue weighted by Crippen LogP contribution is 2.41. The summed E-state index contributed by atoms with van der Waals surface area (Å²) < 4.78 is 15.9. The minimum absolute atomic E-state index is 0.0282. The maximum absolute atomic E-state index is 13.8. The van der Waals surface area contributed by atoms with Gasteiger partial charge in [0, 0.05) is 30.5 Å². The Bertz CT molecular complexity index is 1540. The van der Waals surface area contributed by atoms with Gasteiger partial charge in [0.25, 0.3) is 0 Å². The first-order chi connectivity index (χ1) is 17.9. The van der Waals surface area contributed by atoms with E-state index in [2.05, 4.69) is 10.5 Å². The second-order valence-corrected chi connectivity index (χ2v) is 10.7. The standard InChI is InChI=1S/C30H27FN2O3S/c1-3-22-10-13-29(37-22)28(36)15-18-6-5-7-21(14-18)33-25-12-8-19(26(34)4-2)16-24(25)32-30(33)23-11-9-20(31)17-27(23)35/h1,8-13,16-18,21,35H,4-7,14-15H2,2H3/t18-,21+/m1/s1. The van der Waals surface area contributed by atoms with Gasteiger partial charge in [-0.25, -0.2) is 9.37 Å². The number of phenols is 1. The smallest absolute Gasteiger partial charge is 0.173 e. The number of carbonyl (C=O) groups is 2. The van der Waals surface area contributed by atoms with Gasteiger partial charge in [-0.2, -0.15) is 0 Å². The molecule has 0 amide bonds.